The van der Waals surface area contributed by atoms with Crippen molar-refractivity contribution in [2.75, 3.05) is 6.54 Å². The lowest BCUT2D eigenvalue weighted by Gasteiger charge is -2.52. The lowest BCUT2D eigenvalue weighted by Crippen LogP contribution is -2.64. The molecule has 5 rings (SSSR count). The Balaban J connectivity index is 1.34. The Morgan fingerprint density at radius 2 is 2.09 bits per heavy atom. The molecular formula is C24H22ClFN4O4. The molecular weight excluding hydrogens is 463 g/mol. The summed E-state index contributed by atoms with van der Waals surface area (Å²) in [5.41, 5.74) is 5.63. The maximum absolute atomic E-state index is 14.2. The van der Waals surface area contributed by atoms with E-state index in [1.807, 2.05) is 31.2 Å². The van der Waals surface area contributed by atoms with Gasteiger partial charge in [-0.2, -0.15) is 4.98 Å². The quantitative estimate of drug-likeness (QED) is 0.534. The van der Waals surface area contributed by atoms with Gasteiger partial charge >= 0.3 is 0 Å². The van der Waals surface area contributed by atoms with Crippen LogP contribution in [-0.4, -0.2) is 39.1 Å². The fourth-order valence-corrected chi connectivity index (χ4v) is 5.18. The van der Waals surface area contributed by atoms with E-state index in [1.165, 1.54) is 12.1 Å². The summed E-state index contributed by atoms with van der Waals surface area (Å²) in [6, 6.07) is 11.7. The van der Waals surface area contributed by atoms with Crippen molar-refractivity contribution in [3.63, 3.8) is 0 Å². The maximum atomic E-state index is 14.2. The van der Waals surface area contributed by atoms with Crippen LogP contribution in [0.1, 0.15) is 37.1 Å². The van der Waals surface area contributed by atoms with Crippen LogP contribution in [0, 0.1) is 11.7 Å². The number of rotatable bonds is 6. The third-order valence-corrected chi connectivity index (χ3v) is 6.80. The Kier molecular flexibility index (Phi) is 5.51. The van der Waals surface area contributed by atoms with Gasteiger partial charge < -0.3 is 19.9 Å². The monoisotopic (exact) mass is 484 g/mol. The summed E-state index contributed by atoms with van der Waals surface area (Å²) in [6.07, 6.45) is 1.25. The number of benzene rings is 2. The van der Waals surface area contributed by atoms with E-state index in [0.717, 1.165) is 5.56 Å². The van der Waals surface area contributed by atoms with Crippen LogP contribution in [-0.2, 0) is 16.0 Å². The number of nitrogens with two attached hydrogens (primary N) is 1. The number of likely N-dealkylation sites (tertiary alicyclic amines) is 1. The van der Waals surface area contributed by atoms with Crippen LogP contribution in [0.3, 0.4) is 0 Å². The number of piperidine rings is 1. The second-order valence-corrected chi connectivity index (χ2v) is 9.11. The van der Waals surface area contributed by atoms with E-state index in [4.69, 9.17) is 26.6 Å². The zero-order valence-corrected chi connectivity index (χ0v) is 19.1. The first-order valence-electron chi connectivity index (χ1n) is 10.9. The van der Waals surface area contributed by atoms with Crippen molar-refractivity contribution in [1.82, 2.24) is 15.0 Å². The summed E-state index contributed by atoms with van der Waals surface area (Å²) in [5, 5.41) is 4.02. The van der Waals surface area contributed by atoms with Crippen LogP contribution in [0.5, 0.6) is 5.75 Å². The fourth-order valence-electron chi connectivity index (χ4n) is 4.94. The summed E-state index contributed by atoms with van der Waals surface area (Å²) in [6.45, 7) is 2.13. The van der Waals surface area contributed by atoms with Crippen molar-refractivity contribution >= 4 is 23.4 Å². The van der Waals surface area contributed by atoms with Gasteiger partial charge in [-0.15, -0.1) is 0 Å². The highest BCUT2D eigenvalue weighted by Gasteiger charge is 2.55. The minimum absolute atomic E-state index is 0.0583. The topological polar surface area (TPSA) is 112 Å². The molecule has 2 aliphatic rings. The minimum Gasteiger partial charge on any atom is -0.468 e. The molecule has 3 heterocycles. The molecule has 2 aromatic carbocycles. The molecule has 0 saturated carbocycles. The number of hydrogen-bond acceptors (Lipinski definition) is 6. The average molecular weight is 485 g/mol. The Morgan fingerprint density at radius 1 is 1.29 bits per heavy atom. The third kappa shape index (κ3) is 3.69. The largest absolute Gasteiger partial charge is 0.468 e. The van der Waals surface area contributed by atoms with Crippen molar-refractivity contribution in [2.24, 2.45) is 11.7 Å². The number of nitrogens with zero attached hydrogens (tertiary/aromatic N) is 3. The number of amides is 2. The number of aromatic nitrogens is 2. The van der Waals surface area contributed by atoms with E-state index in [0.29, 0.717) is 25.0 Å². The summed E-state index contributed by atoms with van der Waals surface area (Å²) in [4.78, 5) is 31.4. The molecule has 0 radical (unpaired) electrons. The van der Waals surface area contributed by atoms with E-state index < -0.39 is 23.4 Å². The molecule has 1 aromatic heterocycles. The Hall–Kier alpha value is -3.46. The molecule has 2 amide bonds. The zero-order valence-electron chi connectivity index (χ0n) is 18.3. The average Bonchev–Trinajstić information content (AvgIpc) is 3.24. The summed E-state index contributed by atoms with van der Waals surface area (Å²) < 4.78 is 25.7. The van der Waals surface area contributed by atoms with E-state index in [-0.39, 0.29) is 40.7 Å². The van der Waals surface area contributed by atoms with Crippen molar-refractivity contribution in [3.05, 3.63) is 64.8 Å². The number of primary amides is 1. The van der Waals surface area contributed by atoms with Gasteiger partial charge in [0.05, 0.1) is 10.6 Å². The van der Waals surface area contributed by atoms with E-state index >= 15 is 0 Å². The molecule has 0 spiro atoms. The van der Waals surface area contributed by atoms with Gasteiger partial charge in [0, 0.05) is 25.3 Å². The highest BCUT2D eigenvalue weighted by Crippen LogP contribution is 2.50. The second-order valence-electron chi connectivity index (χ2n) is 8.71. The predicted octanol–water partition coefficient (Wildman–Crippen LogP) is 3.69. The van der Waals surface area contributed by atoms with Gasteiger partial charge in [0.1, 0.15) is 17.5 Å². The van der Waals surface area contributed by atoms with Crippen molar-refractivity contribution in [3.8, 4) is 17.1 Å². The first kappa shape index (κ1) is 22.3. The number of hydrogen-bond donors (Lipinski definition) is 1. The number of para-hydroxylation sites is 1. The fraction of sp³-hybridized carbons (Fsp3) is 0.333. The number of halogens is 2. The Labute approximate surface area is 199 Å². The first-order valence-corrected chi connectivity index (χ1v) is 11.3. The highest BCUT2D eigenvalue weighted by atomic mass is 35.5. The molecule has 1 fully saturated rings. The van der Waals surface area contributed by atoms with Gasteiger partial charge in [0.25, 0.3) is 0 Å². The molecule has 2 N–H and O–H groups in total. The molecule has 8 nitrogen and oxygen atoms in total. The van der Waals surface area contributed by atoms with Gasteiger partial charge in [-0.1, -0.05) is 41.0 Å². The number of carbonyl (C=O) groups excluding carboxylic acids is 2. The summed E-state index contributed by atoms with van der Waals surface area (Å²) in [7, 11) is 0. The van der Waals surface area contributed by atoms with E-state index in [1.54, 1.807) is 11.0 Å². The van der Waals surface area contributed by atoms with Crippen molar-refractivity contribution in [2.45, 2.75) is 37.8 Å². The molecule has 3 unspecified atom stereocenters. The Morgan fingerprint density at radius 3 is 2.85 bits per heavy atom. The SMILES string of the molecule is CC12CC(c3ccccc3O1)C(C(N)=O)C(=O)N2CCCc1nc(-c2c(F)cccc2Cl)no1. The van der Waals surface area contributed by atoms with Crippen LogP contribution in [0.15, 0.2) is 47.0 Å². The second kappa shape index (κ2) is 8.39. The lowest BCUT2D eigenvalue weighted by molar-refractivity contribution is -0.175. The minimum atomic E-state index is -0.962. The highest BCUT2D eigenvalue weighted by molar-refractivity contribution is 6.33. The number of aryl methyl sites for hydroxylation is 1. The molecule has 34 heavy (non-hydrogen) atoms. The predicted molar refractivity (Wildman–Crippen MR) is 120 cm³/mol. The number of fused-ring (bicyclic) bond motifs is 4. The maximum Gasteiger partial charge on any atom is 0.238 e. The van der Waals surface area contributed by atoms with Crippen molar-refractivity contribution in [1.29, 1.82) is 0 Å². The van der Waals surface area contributed by atoms with Gasteiger partial charge in [-0.3, -0.25) is 9.59 Å². The van der Waals surface area contributed by atoms with Crippen molar-refractivity contribution < 1.29 is 23.2 Å². The molecule has 176 valence electrons. The van der Waals surface area contributed by atoms with Crippen LogP contribution in [0.4, 0.5) is 4.39 Å². The first-order chi connectivity index (χ1) is 16.3. The van der Waals surface area contributed by atoms with E-state index in [2.05, 4.69) is 10.1 Å². The molecule has 2 bridgehead atoms. The van der Waals surface area contributed by atoms with Crippen LogP contribution in [0.25, 0.3) is 11.4 Å². The van der Waals surface area contributed by atoms with Crippen LogP contribution < -0.4 is 10.5 Å². The molecule has 0 aliphatic carbocycles. The number of carbonyl (C=O) groups is 2. The normalized spacial score (nSPS) is 23.4. The lowest BCUT2D eigenvalue weighted by atomic mass is 9.73. The number of ether oxygens (including phenoxy) is 1. The van der Waals surface area contributed by atoms with Gasteiger partial charge in [-0.25, -0.2) is 4.39 Å². The van der Waals surface area contributed by atoms with E-state index in [9.17, 15) is 14.0 Å². The molecule has 3 atom stereocenters. The van der Waals surface area contributed by atoms with Gasteiger partial charge in [0.15, 0.2) is 5.72 Å². The molecule has 2 aliphatic heterocycles. The third-order valence-electron chi connectivity index (χ3n) is 6.49. The molecule has 10 heteroatoms. The summed E-state index contributed by atoms with van der Waals surface area (Å²) >= 11 is 6.08. The van der Waals surface area contributed by atoms with Gasteiger partial charge in [-0.05, 0) is 37.1 Å². The van der Waals surface area contributed by atoms with Crippen LogP contribution >= 0.6 is 11.6 Å². The van der Waals surface area contributed by atoms with Gasteiger partial charge in [0.2, 0.25) is 23.5 Å². The molecule has 1 saturated heterocycles. The standard InChI is InChI=1S/C24H22ClFN4O4/c1-24-12-14(13-6-2-3-9-17(13)33-24)19(21(27)31)23(32)30(24)11-5-10-18-28-22(29-34-18)20-15(25)7-4-8-16(20)26/h2-4,6-9,14,19H,5,10-12H2,1H3,(H2,27,31). The Bertz CT molecular complexity index is 1260. The zero-order chi connectivity index (χ0) is 24.0. The molecule has 3 aromatic rings. The smallest absolute Gasteiger partial charge is 0.238 e. The summed E-state index contributed by atoms with van der Waals surface area (Å²) in [5.74, 6) is -1.86. The van der Waals surface area contributed by atoms with Crippen LogP contribution in [0.2, 0.25) is 5.02 Å².